The molecule has 0 aromatic carbocycles. The zero-order valence-corrected chi connectivity index (χ0v) is 14.3. The van der Waals surface area contributed by atoms with Crippen LogP contribution in [-0.4, -0.2) is 52.2 Å². The molecule has 0 aliphatic carbocycles. The second-order valence-electron chi connectivity index (χ2n) is 5.27. The molecule has 3 rings (SSSR count). The fraction of sp³-hybridized carbons (Fsp3) is 0.467. The molecule has 128 valence electrons. The van der Waals surface area contributed by atoms with Gasteiger partial charge < -0.3 is 14.6 Å². The molecule has 0 radical (unpaired) electrons. The van der Waals surface area contributed by atoms with Crippen molar-refractivity contribution in [3.05, 3.63) is 41.8 Å². The summed E-state index contributed by atoms with van der Waals surface area (Å²) < 4.78 is 10.2. The number of nitrogens with zero attached hydrogens (tertiary/aromatic N) is 5. The van der Waals surface area contributed by atoms with E-state index in [4.69, 9.17) is 9.26 Å². The standard InChI is InChI=1S/C15H20N6O2S/c1-22-6-4-13-19-14(23-20-13)9-24-15-17-10-21(11-18-15)8-12-3-2-5-16-7-12/h2-3,5,7H,4,6,8-11H2,1H3,(H,17,18). The van der Waals surface area contributed by atoms with Crippen molar-refractivity contribution < 1.29 is 9.26 Å². The maximum atomic E-state index is 5.22. The van der Waals surface area contributed by atoms with Gasteiger partial charge in [0, 0.05) is 32.5 Å². The third kappa shape index (κ3) is 5.02. The van der Waals surface area contributed by atoms with Gasteiger partial charge in [0.25, 0.3) is 0 Å². The lowest BCUT2D eigenvalue weighted by Crippen LogP contribution is -2.41. The van der Waals surface area contributed by atoms with Gasteiger partial charge >= 0.3 is 0 Å². The molecule has 3 heterocycles. The zero-order valence-electron chi connectivity index (χ0n) is 13.5. The van der Waals surface area contributed by atoms with E-state index in [9.17, 15) is 0 Å². The summed E-state index contributed by atoms with van der Waals surface area (Å²) in [5, 5.41) is 8.13. The maximum Gasteiger partial charge on any atom is 0.237 e. The number of aromatic nitrogens is 3. The van der Waals surface area contributed by atoms with Crippen LogP contribution in [0.2, 0.25) is 0 Å². The summed E-state index contributed by atoms with van der Waals surface area (Å²) in [5.41, 5.74) is 1.18. The first-order valence-electron chi connectivity index (χ1n) is 7.66. The first kappa shape index (κ1) is 16.9. The Labute approximate surface area is 144 Å². The lowest BCUT2D eigenvalue weighted by atomic mass is 10.3. The highest BCUT2D eigenvalue weighted by Crippen LogP contribution is 2.14. The summed E-state index contributed by atoms with van der Waals surface area (Å²) in [6.07, 6.45) is 4.32. The van der Waals surface area contributed by atoms with Crippen molar-refractivity contribution in [3.8, 4) is 0 Å². The number of methoxy groups -OCH3 is 1. The van der Waals surface area contributed by atoms with E-state index in [0.29, 0.717) is 37.2 Å². The predicted molar refractivity (Wildman–Crippen MR) is 91.3 cm³/mol. The van der Waals surface area contributed by atoms with Crippen LogP contribution in [0.5, 0.6) is 0 Å². The van der Waals surface area contributed by atoms with E-state index in [1.165, 1.54) is 5.56 Å². The lowest BCUT2D eigenvalue weighted by Gasteiger charge is -2.26. The normalized spacial score (nSPS) is 15.1. The van der Waals surface area contributed by atoms with E-state index in [2.05, 4.69) is 36.4 Å². The summed E-state index contributed by atoms with van der Waals surface area (Å²) in [6, 6.07) is 4.01. The van der Waals surface area contributed by atoms with E-state index in [1.54, 1.807) is 25.1 Å². The molecule has 0 unspecified atom stereocenters. The van der Waals surface area contributed by atoms with E-state index in [1.807, 2.05) is 12.3 Å². The van der Waals surface area contributed by atoms with Gasteiger partial charge in [0.15, 0.2) is 11.0 Å². The van der Waals surface area contributed by atoms with Crippen LogP contribution in [0.15, 0.2) is 34.0 Å². The van der Waals surface area contributed by atoms with E-state index < -0.39 is 0 Å². The minimum atomic E-state index is 0.590. The van der Waals surface area contributed by atoms with Gasteiger partial charge in [0.05, 0.1) is 25.7 Å². The molecule has 0 amide bonds. The molecule has 1 N–H and O–H groups in total. The Morgan fingerprint density at radius 1 is 1.46 bits per heavy atom. The quantitative estimate of drug-likeness (QED) is 0.800. The van der Waals surface area contributed by atoms with Crippen LogP contribution in [0.3, 0.4) is 0 Å². The highest BCUT2D eigenvalue weighted by atomic mass is 32.2. The molecular formula is C15H20N6O2S. The molecule has 9 heteroatoms. The molecule has 1 aliphatic heterocycles. The molecule has 2 aromatic rings. The van der Waals surface area contributed by atoms with Gasteiger partial charge in [-0.05, 0) is 11.6 Å². The smallest absolute Gasteiger partial charge is 0.237 e. The predicted octanol–water partition coefficient (Wildman–Crippen LogP) is 1.26. The average Bonchev–Trinajstić information content (AvgIpc) is 3.08. The van der Waals surface area contributed by atoms with Crippen molar-refractivity contribution in [1.82, 2.24) is 25.3 Å². The van der Waals surface area contributed by atoms with Crippen LogP contribution in [0.4, 0.5) is 0 Å². The van der Waals surface area contributed by atoms with E-state index >= 15 is 0 Å². The number of amidine groups is 1. The van der Waals surface area contributed by atoms with Crippen LogP contribution < -0.4 is 5.32 Å². The molecule has 0 saturated heterocycles. The Morgan fingerprint density at radius 3 is 3.17 bits per heavy atom. The van der Waals surface area contributed by atoms with Gasteiger partial charge in [0.2, 0.25) is 5.89 Å². The molecule has 1 aliphatic rings. The third-order valence-electron chi connectivity index (χ3n) is 3.37. The van der Waals surface area contributed by atoms with Crippen molar-refractivity contribution >= 4 is 16.9 Å². The van der Waals surface area contributed by atoms with Crippen molar-refractivity contribution in [2.75, 3.05) is 27.1 Å². The SMILES string of the molecule is COCCc1noc(CSC2=NCN(Cc3cccnc3)CN2)n1. The first-order valence-corrected chi connectivity index (χ1v) is 8.65. The second-order valence-corrected chi connectivity index (χ2v) is 6.23. The van der Waals surface area contributed by atoms with Crippen LogP contribution >= 0.6 is 11.8 Å². The highest BCUT2D eigenvalue weighted by molar-refractivity contribution is 8.13. The largest absolute Gasteiger partial charge is 0.384 e. The fourth-order valence-electron chi connectivity index (χ4n) is 2.18. The van der Waals surface area contributed by atoms with Gasteiger partial charge in [-0.3, -0.25) is 9.88 Å². The highest BCUT2D eigenvalue weighted by Gasteiger charge is 2.14. The summed E-state index contributed by atoms with van der Waals surface area (Å²) in [5.74, 6) is 1.89. The lowest BCUT2D eigenvalue weighted by molar-refractivity contribution is 0.199. The Kier molecular flexibility index (Phi) is 6.16. The number of thioether (sulfide) groups is 1. The van der Waals surface area contributed by atoms with Crippen LogP contribution in [0.1, 0.15) is 17.3 Å². The summed E-state index contributed by atoms with van der Waals surface area (Å²) in [7, 11) is 1.65. The van der Waals surface area contributed by atoms with Crippen molar-refractivity contribution in [3.63, 3.8) is 0 Å². The Balaban J connectivity index is 1.43. The maximum absolute atomic E-state index is 5.22. The van der Waals surface area contributed by atoms with Crippen molar-refractivity contribution in [1.29, 1.82) is 0 Å². The number of nitrogens with one attached hydrogen (secondary N) is 1. The van der Waals surface area contributed by atoms with Crippen molar-refractivity contribution in [2.24, 2.45) is 4.99 Å². The number of pyridine rings is 1. The summed E-state index contributed by atoms with van der Waals surface area (Å²) in [6.45, 7) is 2.83. The molecule has 8 nitrogen and oxygen atoms in total. The van der Waals surface area contributed by atoms with Crippen LogP contribution in [-0.2, 0) is 23.5 Å². The van der Waals surface area contributed by atoms with Gasteiger partial charge in [-0.15, -0.1) is 0 Å². The van der Waals surface area contributed by atoms with Gasteiger partial charge in [-0.25, -0.2) is 4.99 Å². The topological polar surface area (TPSA) is 88.7 Å². The molecule has 0 fully saturated rings. The van der Waals surface area contributed by atoms with Crippen LogP contribution in [0, 0.1) is 0 Å². The van der Waals surface area contributed by atoms with Crippen LogP contribution in [0.25, 0.3) is 0 Å². The second kappa shape index (κ2) is 8.76. The number of hydrogen-bond acceptors (Lipinski definition) is 9. The molecule has 0 atom stereocenters. The minimum Gasteiger partial charge on any atom is -0.384 e. The fourth-order valence-corrected chi connectivity index (χ4v) is 2.87. The first-order chi connectivity index (χ1) is 11.8. The number of aliphatic imine (C=N–C) groups is 1. The Hall–Kier alpha value is -1.97. The average molecular weight is 348 g/mol. The third-order valence-corrected chi connectivity index (χ3v) is 4.31. The van der Waals surface area contributed by atoms with Gasteiger partial charge in [-0.2, -0.15) is 4.98 Å². The van der Waals surface area contributed by atoms with E-state index in [-0.39, 0.29) is 0 Å². The van der Waals surface area contributed by atoms with Crippen molar-refractivity contribution in [2.45, 2.75) is 18.7 Å². The zero-order chi connectivity index (χ0) is 16.6. The number of rotatable bonds is 7. The molecule has 0 saturated carbocycles. The molecule has 24 heavy (non-hydrogen) atoms. The number of ether oxygens (including phenoxy) is 1. The van der Waals surface area contributed by atoms with Gasteiger partial charge in [-0.1, -0.05) is 23.0 Å². The summed E-state index contributed by atoms with van der Waals surface area (Å²) in [4.78, 5) is 15.2. The minimum absolute atomic E-state index is 0.590. The van der Waals surface area contributed by atoms with E-state index in [0.717, 1.165) is 18.4 Å². The monoisotopic (exact) mass is 348 g/mol. The Bertz CT molecular complexity index is 663. The molecule has 2 aromatic heterocycles. The molecule has 0 bridgehead atoms. The summed E-state index contributed by atoms with van der Waals surface area (Å²) >= 11 is 1.57. The molecule has 0 spiro atoms. The van der Waals surface area contributed by atoms with Gasteiger partial charge in [0.1, 0.15) is 0 Å². The molecular weight excluding hydrogens is 328 g/mol. The Morgan fingerprint density at radius 2 is 2.42 bits per heavy atom. The number of hydrogen-bond donors (Lipinski definition) is 1.